The lowest BCUT2D eigenvalue weighted by atomic mass is 9.90. The van der Waals surface area contributed by atoms with Crippen LogP contribution < -0.4 is 5.32 Å². The molecule has 0 aliphatic rings. The van der Waals surface area contributed by atoms with Crippen LogP contribution in [0.25, 0.3) is 0 Å². The summed E-state index contributed by atoms with van der Waals surface area (Å²) in [5.41, 5.74) is 3.94. The van der Waals surface area contributed by atoms with Crippen molar-refractivity contribution in [2.45, 2.75) is 59.3 Å². The van der Waals surface area contributed by atoms with Crippen LogP contribution in [0.15, 0.2) is 36.4 Å². The second-order valence-corrected chi connectivity index (χ2v) is 7.70. The Bertz CT molecular complexity index is 713. The van der Waals surface area contributed by atoms with Gasteiger partial charge in [-0.2, -0.15) is 0 Å². The second kappa shape index (κ2) is 9.50. The van der Waals surface area contributed by atoms with Gasteiger partial charge in [0.05, 0.1) is 12.2 Å². The SMILES string of the molecule is Cc1c(F)ccc(C(C)C)c1C(CNCc1ccc(Cl)cc1)OC(C)C. The summed E-state index contributed by atoms with van der Waals surface area (Å²) >= 11 is 5.94. The molecule has 0 aromatic heterocycles. The third-order valence-corrected chi connectivity index (χ3v) is 4.69. The Labute approximate surface area is 161 Å². The third kappa shape index (κ3) is 5.54. The Morgan fingerprint density at radius 3 is 2.27 bits per heavy atom. The van der Waals surface area contributed by atoms with Crippen molar-refractivity contribution in [2.24, 2.45) is 0 Å². The highest BCUT2D eigenvalue weighted by molar-refractivity contribution is 6.30. The molecule has 2 aromatic rings. The van der Waals surface area contributed by atoms with Gasteiger partial charge in [0.25, 0.3) is 0 Å². The van der Waals surface area contributed by atoms with Crippen LogP contribution in [0.3, 0.4) is 0 Å². The Morgan fingerprint density at radius 2 is 1.69 bits per heavy atom. The van der Waals surface area contributed by atoms with Crippen molar-refractivity contribution in [2.75, 3.05) is 6.54 Å². The zero-order valence-corrected chi connectivity index (χ0v) is 17.0. The van der Waals surface area contributed by atoms with Crippen molar-refractivity contribution in [1.82, 2.24) is 5.32 Å². The molecular formula is C22H29ClFNO. The number of hydrogen-bond acceptors (Lipinski definition) is 2. The fourth-order valence-corrected chi connectivity index (χ4v) is 3.28. The van der Waals surface area contributed by atoms with E-state index in [1.165, 1.54) is 0 Å². The highest BCUT2D eigenvalue weighted by Crippen LogP contribution is 2.32. The van der Waals surface area contributed by atoms with E-state index in [1.807, 2.05) is 51.1 Å². The lowest BCUT2D eigenvalue weighted by Crippen LogP contribution is -2.27. The van der Waals surface area contributed by atoms with Crippen molar-refractivity contribution in [3.63, 3.8) is 0 Å². The van der Waals surface area contributed by atoms with E-state index in [1.54, 1.807) is 6.07 Å². The first-order valence-electron chi connectivity index (χ1n) is 9.19. The Hall–Kier alpha value is -1.42. The lowest BCUT2D eigenvalue weighted by molar-refractivity contribution is 0.00584. The first-order chi connectivity index (χ1) is 12.3. The summed E-state index contributed by atoms with van der Waals surface area (Å²) in [4.78, 5) is 0. The molecule has 0 aliphatic heterocycles. The molecule has 2 rings (SSSR count). The average Bonchev–Trinajstić information content (AvgIpc) is 2.57. The lowest BCUT2D eigenvalue weighted by Gasteiger charge is -2.27. The van der Waals surface area contributed by atoms with Gasteiger partial charge >= 0.3 is 0 Å². The number of nitrogens with one attached hydrogen (secondary N) is 1. The van der Waals surface area contributed by atoms with E-state index in [4.69, 9.17) is 16.3 Å². The summed E-state index contributed by atoms with van der Waals surface area (Å²) in [7, 11) is 0. The van der Waals surface area contributed by atoms with Crippen LogP contribution in [-0.4, -0.2) is 12.6 Å². The molecule has 1 N–H and O–H groups in total. The predicted octanol–water partition coefficient (Wildman–Crippen LogP) is 6.17. The van der Waals surface area contributed by atoms with Crippen LogP contribution in [0.1, 0.15) is 62.0 Å². The molecule has 0 amide bonds. The van der Waals surface area contributed by atoms with Gasteiger partial charge in [-0.3, -0.25) is 0 Å². The van der Waals surface area contributed by atoms with Crippen molar-refractivity contribution in [3.8, 4) is 0 Å². The minimum Gasteiger partial charge on any atom is -0.370 e. The number of ether oxygens (including phenoxy) is 1. The quantitative estimate of drug-likeness (QED) is 0.594. The van der Waals surface area contributed by atoms with E-state index in [9.17, 15) is 4.39 Å². The smallest absolute Gasteiger partial charge is 0.126 e. The van der Waals surface area contributed by atoms with Crippen LogP contribution in [0.4, 0.5) is 4.39 Å². The van der Waals surface area contributed by atoms with Crippen molar-refractivity contribution < 1.29 is 9.13 Å². The van der Waals surface area contributed by atoms with E-state index in [0.29, 0.717) is 24.6 Å². The van der Waals surface area contributed by atoms with Crippen LogP contribution in [0, 0.1) is 12.7 Å². The van der Waals surface area contributed by atoms with Gasteiger partial charge in [-0.05, 0) is 67.1 Å². The third-order valence-electron chi connectivity index (χ3n) is 4.44. The normalized spacial score (nSPS) is 12.8. The molecule has 0 radical (unpaired) electrons. The maximum Gasteiger partial charge on any atom is 0.126 e. The summed E-state index contributed by atoms with van der Waals surface area (Å²) < 4.78 is 20.4. The number of benzene rings is 2. The van der Waals surface area contributed by atoms with E-state index < -0.39 is 0 Å². The van der Waals surface area contributed by atoms with Gasteiger partial charge in [0.15, 0.2) is 0 Å². The molecule has 1 unspecified atom stereocenters. The van der Waals surface area contributed by atoms with Crippen LogP contribution >= 0.6 is 11.6 Å². The summed E-state index contributed by atoms with van der Waals surface area (Å²) in [6.07, 6.45) is -0.143. The largest absolute Gasteiger partial charge is 0.370 e. The van der Waals surface area contributed by atoms with Gasteiger partial charge in [-0.25, -0.2) is 4.39 Å². The average molecular weight is 378 g/mol. The number of hydrogen-bond donors (Lipinski definition) is 1. The molecule has 0 spiro atoms. The molecule has 26 heavy (non-hydrogen) atoms. The molecule has 0 saturated heterocycles. The highest BCUT2D eigenvalue weighted by Gasteiger charge is 2.22. The molecular weight excluding hydrogens is 349 g/mol. The Balaban J connectivity index is 2.21. The van der Waals surface area contributed by atoms with Gasteiger partial charge in [-0.1, -0.05) is 43.6 Å². The van der Waals surface area contributed by atoms with Crippen molar-refractivity contribution >= 4 is 11.6 Å². The Kier molecular flexibility index (Phi) is 7.63. The first kappa shape index (κ1) is 20.9. The zero-order valence-electron chi connectivity index (χ0n) is 16.3. The van der Waals surface area contributed by atoms with Crippen molar-refractivity contribution in [3.05, 3.63) is 69.5 Å². The van der Waals surface area contributed by atoms with E-state index in [0.717, 1.165) is 21.7 Å². The molecule has 4 heteroatoms. The minimum absolute atomic E-state index is 0.0556. The summed E-state index contributed by atoms with van der Waals surface area (Å²) in [5, 5.41) is 4.18. The molecule has 2 nitrogen and oxygen atoms in total. The maximum absolute atomic E-state index is 14.3. The molecule has 0 bridgehead atoms. The molecule has 1 atom stereocenters. The standard InChI is InChI=1S/C22H29ClFNO/c1-14(2)19-10-11-20(24)16(5)22(19)21(26-15(3)4)13-25-12-17-6-8-18(23)9-7-17/h6-11,14-15,21,25H,12-13H2,1-5H3. The molecule has 0 heterocycles. The maximum atomic E-state index is 14.3. The zero-order chi connectivity index (χ0) is 19.3. The van der Waals surface area contributed by atoms with Crippen LogP contribution in [0.5, 0.6) is 0 Å². The fraction of sp³-hybridized carbons (Fsp3) is 0.455. The predicted molar refractivity (Wildman–Crippen MR) is 107 cm³/mol. The number of rotatable bonds is 8. The van der Waals surface area contributed by atoms with Gasteiger partial charge in [0.1, 0.15) is 5.82 Å². The van der Waals surface area contributed by atoms with Gasteiger partial charge in [-0.15, -0.1) is 0 Å². The van der Waals surface area contributed by atoms with E-state index >= 15 is 0 Å². The minimum atomic E-state index is -0.199. The Morgan fingerprint density at radius 1 is 1.04 bits per heavy atom. The monoisotopic (exact) mass is 377 g/mol. The van der Waals surface area contributed by atoms with Crippen molar-refractivity contribution in [1.29, 1.82) is 0 Å². The second-order valence-electron chi connectivity index (χ2n) is 7.26. The van der Waals surface area contributed by atoms with E-state index in [-0.39, 0.29) is 18.0 Å². The van der Waals surface area contributed by atoms with Gasteiger partial charge in [0.2, 0.25) is 0 Å². The molecule has 0 aliphatic carbocycles. The first-order valence-corrected chi connectivity index (χ1v) is 9.57. The topological polar surface area (TPSA) is 21.3 Å². The summed E-state index contributed by atoms with van der Waals surface area (Å²) in [5.74, 6) is 0.123. The summed E-state index contributed by atoms with van der Waals surface area (Å²) in [6.45, 7) is 11.4. The van der Waals surface area contributed by atoms with Crippen LogP contribution in [0.2, 0.25) is 5.02 Å². The highest BCUT2D eigenvalue weighted by atomic mass is 35.5. The van der Waals surface area contributed by atoms with Gasteiger partial charge in [0, 0.05) is 18.1 Å². The van der Waals surface area contributed by atoms with E-state index in [2.05, 4.69) is 19.2 Å². The molecule has 0 fully saturated rings. The summed E-state index contributed by atoms with van der Waals surface area (Å²) in [6, 6.07) is 11.2. The number of halogens is 2. The van der Waals surface area contributed by atoms with Gasteiger partial charge < -0.3 is 10.1 Å². The fourth-order valence-electron chi connectivity index (χ4n) is 3.15. The molecule has 2 aromatic carbocycles. The van der Waals surface area contributed by atoms with Crippen LogP contribution in [-0.2, 0) is 11.3 Å². The molecule has 0 saturated carbocycles. The molecule has 142 valence electrons.